The Morgan fingerprint density at radius 1 is 1.28 bits per heavy atom. The first kappa shape index (κ1) is 22.2. The first-order valence-electron chi connectivity index (χ1n) is 8.61. The fourth-order valence-corrected chi connectivity index (χ4v) is 4.43. The van der Waals surface area contributed by atoms with Crippen LogP contribution in [0.4, 0.5) is 0 Å². The molecule has 25 heavy (non-hydrogen) atoms. The van der Waals surface area contributed by atoms with Crippen LogP contribution in [0, 0.1) is 11.3 Å². The molecule has 7 heteroatoms. The van der Waals surface area contributed by atoms with E-state index >= 15 is 0 Å². The molecule has 1 aromatic carbocycles. The van der Waals surface area contributed by atoms with Crippen LogP contribution in [0.3, 0.4) is 0 Å². The number of halogens is 1. The molecular weight excluding hydrogens is 360 g/mol. The molecule has 0 amide bonds. The Kier molecular flexibility index (Phi) is 7.74. The number of piperidine rings is 1. The number of sulfonamides is 1. The summed E-state index contributed by atoms with van der Waals surface area (Å²) in [4.78, 5) is 0.310. The summed E-state index contributed by atoms with van der Waals surface area (Å²) in [6.07, 6.45) is 1.66. The lowest BCUT2D eigenvalue weighted by atomic mass is 9.81. The van der Waals surface area contributed by atoms with E-state index in [9.17, 15) is 8.42 Å². The second-order valence-electron chi connectivity index (χ2n) is 7.72. The van der Waals surface area contributed by atoms with Gasteiger partial charge in [-0.2, -0.15) is 4.31 Å². The van der Waals surface area contributed by atoms with E-state index in [1.54, 1.807) is 28.6 Å². The topological polar surface area (TPSA) is 72.6 Å². The van der Waals surface area contributed by atoms with Gasteiger partial charge in [-0.3, -0.25) is 0 Å². The van der Waals surface area contributed by atoms with Gasteiger partial charge in [-0.15, -0.1) is 12.4 Å². The van der Waals surface area contributed by atoms with E-state index < -0.39 is 10.0 Å². The molecule has 1 unspecified atom stereocenters. The summed E-state index contributed by atoms with van der Waals surface area (Å²) in [6, 6.07) is 6.74. The molecule has 144 valence electrons. The maximum Gasteiger partial charge on any atom is 0.243 e. The second-order valence-corrected chi connectivity index (χ2v) is 9.66. The van der Waals surface area contributed by atoms with Crippen LogP contribution >= 0.6 is 12.4 Å². The summed E-state index contributed by atoms with van der Waals surface area (Å²) >= 11 is 0. The number of hydrogen-bond acceptors (Lipinski definition) is 4. The number of rotatable bonds is 6. The van der Waals surface area contributed by atoms with E-state index in [1.807, 2.05) is 13.8 Å². The highest BCUT2D eigenvalue weighted by Gasteiger charge is 2.38. The summed E-state index contributed by atoms with van der Waals surface area (Å²) in [5, 5.41) is 0. The molecule has 2 rings (SSSR count). The molecule has 0 radical (unpaired) electrons. The molecule has 2 N–H and O–H groups in total. The lowest BCUT2D eigenvalue weighted by Crippen LogP contribution is -2.53. The highest BCUT2D eigenvalue weighted by Crippen LogP contribution is 2.31. The Hall–Kier alpha value is -0.820. The summed E-state index contributed by atoms with van der Waals surface area (Å²) in [5.74, 6) is 1.29. The molecule has 1 aliphatic rings. The lowest BCUT2D eigenvalue weighted by Gasteiger charge is -2.41. The number of nitrogens with two attached hydrogens (primary N) is 1. The van der Waals surface area contributed by atoms with Crippen molar-refractivity contribution in [2.45, 2.75) is 51.5 Å². The third kappa shape index (κ3) is 5.58. The molecule has 0 bridgehead atoms. The molecule has 0 aromatic heterocycles. The van der Waals surface area contributed by atoms with Crippen LogP contribution < -0.4 is 10.5 Å². The van der Waals surface area contributed by atoms with Crippen molar-refractivity contribution in [3.8, 4) is 5.75 Å². The van der Waals surface area contributed by atoms with Crippen molar-refractivity contribution < 1.29 is 13.2 Å². The maximum absolute atomic E-state index is 12.8. The van der Waals surface area contributed by atoms with Crippen molar-refractivity contribution >= 4 is 22.4 Å². The van der Waals surface area contributed by atoms with Crippen molar-refractivity contribution in [3.05, 3.63) is 24.3 Å². The number of benzene rings is 1. The third-order valence-electron chi connectivity index (χ3n) is 4.70. The molecule has 0 saturated carbocycles. The standard InChI is InChI=1S/C18H30N2O3S.ClH/c1-14(2)10-12-23-15-5-7-16(8-6-15)24(21,22)20-11-9-17(19)18(3,4)13-20;/h5-8,14,17H,9-13,19H2,1-4H3;1H. The van der Waals surface area contributed by atoms with Crippen LogP contribution in [0.15, 0.2) is 29.2 Å². The molecule has 1 aromatic rings. The molecule has 1 saturated heterocycles. The fourth-order valence-electron chi connectivity index (χ4n) is 2.80. The van der Waals surface area contributed by atoms with Crippen molar-refractivity contribution in [1.82, 2.24) is 4.31 Å². The Morgan fingerprint density at radius 2 is 1.88 bits per heavy atom. The van der Waals surface area contributed by atoms with Crippen LogP contribution in [-0.4, -0.2) is 38.5 Å². The molecule has 1 atom stereocenters. The van der Waals surface area contributed by atoms with E-state index in [4.69, 9.17) is 10.5 Å². The second kappa shape index (κ2) is 8.71. The summed E-state index contributed by atoms with van der Waals surface area (Å²) in [7, 11) is -3.48. The first-order chi connectivity index (χ1) is 11.1. The third-order valence-corrected chi connectivity index (χ3v) is 6.56. The zero-order valence-electron chi connectivity index (χ0n) is 15.6. The average molecular weight is 391 g/mol. The molecule has 1 heterocycles. The van der Waals surface area contributed by atoms with Gasteiger partial charge in [0.15, 0.2) is 0 Å². The van der Waals surface area contributed by atoms with Gasteiger partial charge in [0.25, 0.3) is 0 Å². The maximum atomic E-state index is 12.8. The van der Waals surface area contributed by atoms with E-state index in [-0.39, 0.29) is 23.9 Å². The summed E-state index contributed by atoms with van der Waals surface area (Å²) < 4.78 is 32.9. The highest BCUT2D eigenvalue weighted by molar-refractivity contribution is 7.89. The van der Waals surface area contributed by atoms with Crippen LogP contribution in [0.5, 0.6) is 5.75 Å². The normalized spacial score (nSPS) is 21.0. The smallest absolute Gasteiger partial charge is 0.243 e. The van der Waals surface area contributed by atoms with E-state index in [0.717, 1.165) is 6.42 Å². The Labute approximate surface area is 158 Å². The van der Waals surface area contributed by atoms with Crippen molar-refractivity contribution in [2.75, 3.05) is 19.7 Å². The van der Waals surface area contributed by atoms with Crippen molar-refractivity contribution in [3.63, 3.8) is 0 Å². The zero-order valence-corrected chi connectivity index (χ0v) is 17.2. The monoisotopic (exact) mass is 390 g/mol. The zero-order chi connectivity index (χ0) is 18.0. The van der Waals surface area contributed by atoms with Crippen LogP contribution in [0.1, 0.15) is 40.5 Å². The minimum atomic E-state index is -3.48. The van der Waals surface area contributed by atoms with E-state index in [1.165, 1.54) is 0 Å². The van der Waals surface area contributed by atoms with Crippen LogP contribution in [0.25, 0.3) is 0 Å². The SMILES string of the molecule is CC(C)CCOc1ccc(S(=O)(=O)N2CCC(N)C(C)(C)C2)cc1.Cl. The van der Waals surface area contributed by atoms with Crippen LogP contribution in [-0.2, 0) is 10.0 Å². The molecule has 0 spiro atoms. The van der Waals surface area contributed by atoms with Gasteiger partial charge in [0.2, 0.25) is 10.0 Å². The summed E-state index contributed by atoms with van der Waals surface area (Å²) in [6.45, 7) is 9.89. The Balaban J connectivity index is 0.00000312. The molecule has 1 aliphatic heterocycles. The van der Waals surface area contributed by atoms with Gasteiger partial charge in [0, 0.05) is 19.1 Å². The molecular formula is C18H31ClN2O3S. The molecule has 5 nitrogen and oxygen atoms in total. The fraction of sp³-hybridized carbons (Fsp3) is 0.667. The van der Waals surface area contributed by atoms with E-state index in [2.05, 4.69) is 13.8 Å². The minimum absolute atomic E-state index is 0. The predicted octanol–water partition coefficient (Wildman–Crippen LogP) is 3.28. The predicted molar refractivity (Wildman–Crippen MR) is 104 cm³/mol. The minimum Gasteiger partial charge on any atom is -0.494 e. The quantitative estimate of drug-likeness (QED) is 0.808. The van der Waals surface area contributed by atoms with Gasteiger partial charge in [0.05, 0.1) is 11.5 Å². The van der Waals surface area contributed by atoms with Crippen molar-refractivity contribution in [2.24, 2.45) is 17.1 Å². The van der Waals surface area contributed by atoms with Gasteiger partial charge in [-0.1, -0.05) is 27.7 Å². The number of ether oxygens (including phenoxy) is 1. The lowest BCUT2D eigenvalue weighted by molar-refractivity contribution is 0.155. The first-order valence-corrected chi connectivity index (χ1v) is 10.1. The van der Waals surface area contributed by atoms with Gasteiger partial charge < -0.3 is 10.5 Å². The Morgan fingerprint density at radius 3 is 2.40 bits per heavy atom. The molecule has 1 fully saturated rings. The number of hydrogen-bond donors (Lipinski definition) is 1. The van der Waals surface area contributed by atoms with Crippen LogP contribution in [0.2, 0.25) is 0 Å². The van der Waals surface area contributed by atoms with E-state index in [0.29, 0.717) is 42.7 Å². The molecule has 0 aliphatic carbocycles. The highest BCUT2D eigenvalue weighted by atomic mass is 35.5. The van der Waals surface area contributed by atoms with Crippen molar-refractivity contribution in [1.29, 1.82) is 0 Å². The number of nitrogens with zero attached hydrogens (tertiary/aromatic N) is 1. The Bertz CT molecular complexity index is 645. The van der Waals surface area contributed by atoms with Gasteiger partial charge >= 0.3 is 0 Å². The average Bonchev–Trinajstić information content (AvgIpc) is 2.50. The van der Waals surface area contributed by atoms with Gasteiger partial charge in [0.1, 0.15) is 5.75 Å². The van der Waals surface area contributed by atoms with Gasteiger partial charge in [-0.25, -0.2) is 8.42 Å². The summed E-state index contributed by atoms with van der Waals surface area (Å²) in [5.41, 5.74) is 5.89. The largest absolute Gasteiger partial charge is 0.494 e. The van der Waals surface area contributed by atoms with Gasteiger partial charge in [-0.05, 0) is 48.4 Å².